The predicted molar refractivity (Wildman–Crippen MR) is 104 cm³/mol. The van der Waals surface area contributed by atoms with Crippen molar-refractivity contribution in [1.82, 2.24) is 10.2 Å². The van der Waals surface area contributed by atoms with Crippen molar-refractivity contribution >= 4 is 23.6 Å². The zero-order valence-corrected chi connectivity index (χ0v) is 18.5. The summed E-state index contributed by atoms with van der Waals surface area (Å²) in [6.45, 7) is 9.76. The number of alkyl halides is 1. The average molecular weight is 421 g/mol. The summed E-state index contributed by atoms with van der Waals surface area (Å²) in [7, 11) is 3.04. The number of halogens is 1. The van der Waals surface area contributed by atoms with Crippen molar-refractivity contribution in [3.05, 3.63) is 0 Å². The van der Waals surface area contributed by atoms with Crippen LogP contribution < -0.4 is 5.32 Å². The number of ether oxygens (including phenoxy) is 4. The highest BCUT2D eigenvalue weighted by Crippen LogP contribution is 2.41. The van der Waals surface area contributed by atoms with Crippen molar-refractivity contribution < 1.29 is 28.5 Å². The van der Waals surface area contributed by atoms with E-state index in [9.17, 15) is 9.59 Å². The first-order valence-electron chi connectivity index (χ1n) is 9.60. The first-order chi connectivity index (χ1) is 12.9. The third-order valence-electron chi connectivity index (χ3n) is 4.97. The lowest BCUT2D eigenvalue weighted by atomic mass is 10.0. The van der Waals surface area contributed by atoms with Crippen LogP contribution in [0.5, 0.6) is 0 Å². The topological polar surface area (TPSA) is 86.3 Å². The van der Waals surface area contributed by atoms with Crippen LogP contribution in [-0.2, 0) is 23.7 Å². The van der Waals surface area contributed by atoms with Gasteiger partial charge in [-0.15, -0.1) is 11.6 Å². The van der Waals surface area contributed by atoms with Gasteiger partial charge in [0.05, 0.1) is 5.38 Å². The Bertz CT molecular complexity index is 575. The molecule has 2 aliphatic heterocycles. The minimum Gasteiger partial charge on any atom is -0.444 e. The van der Waals surface area contributed by atoms with Crippen molar-refractivity contribution in [2.24, 2.45) is 5.92 Å². The van der Waals surface area contributed by atoms with E-state index in [-0.39, 0.29) is 30.4 Å². The second kappa shape index (κ2) is 8.73. The van der Waals surface area contributed by atoms with Gasteiger partial charge in [0, 0.05) is 20.8 Å². The normalized spacial score (nSPS) is 27.6. The van der Waals surface area contributed by atoms with Crippen LogP contribution >= 0.6 is 11.6 Å². The molecular formula is C19H33ClN2O6. The largest absolute Gasteiger partial charge is 0.444 e. The molecule has 0 aliphatic carbocycles. The Morgan fingerprint density at radius 2 is 1.89 bits per heavy atom. The second-order valence-electron chi connectivity index (χ2n) is 8.78. The van der Waals surface area contributed by atoms with Crippen molar-refractivity contribution in [2.45, 2.75) is 76.0 Å². The number of alkyl carbamates (subject to hydrolysis) is 1. The second-order valence-corrected chi connectivity index (χ2v) is 9.34. The van der Waals surface area contributed by atoms with Crippen molar-refractivity contribution in [3.8, 4) is 0 Å². The maximum absolute atomic E-state index is 13.4. The zero-order valence-electron chi connectivity index (χ0n) is 17.8. The molecule has 0 aromatic rings. The summed E-state index contributed by atoms with van der Waals surface area (Å²) < 4.78 is 22.3. The molecule has 0 spiro atoms. The Morgan fingerprint density at radius 3 is 2.39 bits per heavy atom. The number of nitrogens with zero attached hydrogens (tertiary/aromatic N) is 1. The molecule has 1 unspecified atom stereocenters. The molecule has 9 heteroatoms. The predicted octanol–water partition coefficient (Wildman–Crippen LogP) is 2.13. The summed E-state index contributed by atoms with van der Waals surface area (Å²) in [6.07, 6.45) is -0.559. The van der Waals surface area contributed by atoms with E-state index in [0.717, 1.165) is 0 Å². The minimum atomic E-state index is -1.09. The van der Waals surface area contributed by atoms with Gasteiger partial charge in [-0.1, -0.05) is 13.8 Å². The fourth-order valence-corrected chi connectivity index (χ4v) is 4.13. The Hall–Kier alpha value is -1.09. The first kappa shape index (κ1) is 23.2. The molecule has 2 fully saturated rings. The number of hydrogen-bond donors (Lipinski definition) is 1. The maximum atomic E-state index is 13.4. The van der Waals surface area contributed by atoms with Crippen LogP contribution in [0.3, 0.4) is 0 Å². The van der Waals surface area contributed by atoms with E-state index < -0.39 is 35.7 Å². The van der Waals surface area contributed by atoms with Crippen LogP contribution in [0.2, 0.25) is 0 Å². The summed E-state index contributed by atoms with van der Waals surface area (Å²) in [4.78, 5) is 27.3. The highest BCUT2D eigenvalue weighted by atomic mass is 35.5. The van der Waals surface area contributed by atoms with E-state index in [0.29, 0.717) is 6.42 Å². The zero-order chi connectivity index (χ0) is 21.3. The lowest BCUT2D eigenvalue weighted by Crippen LogP contribution is -2.59. The van der Waals surface area contributed by atoms with Crippen LogP contribution in [0.15, 0.2) is 0 Å². The average Bonchev–Trinajstić information content (AvgIpc) is 3.11. The molecule has 2 amide bonds. The summed E-state index contributed by atoms with van der Waals surface area (Å²) in [5.74, 6) is -1.15. The van der Waals surface area contributed by atoms with E-state index in [4.69, 9.17) is 30.5 Å². The van der Waals surface area contributed by atoms with E-state index >= 15 is 0 Å². The van der Waals surface area contributed by atoms with E-state index in [1.54, 1.807) is 25.7 Å². The van der Waals surface area contributed by atoms with Crippen molar-refractivity contribution in [2.75, 3.05) is 27.4 Å². The Labute approximate surface area is 172 Å². The van der Waals surface area contributed by atoms with Crippen LogP contribution in [0.25, 0.3) is 0 Å². The molecule has 0 saturated carbocycles. The molecule has 8 nitrogen and oxygen atoms in total. The maximum Gasteiger partial charge on any atom is 0.408 e. The quantitative estimate of drug-likeness (QED) is 0.523. The van der Waals surface area contributed by atoms with Crippen molar-refractivity contribution in [3.63, 3.8) is 0 Å². The van der Waals surface area contributed by atoms with Crippen LogP contribution in [0, 0.1) is 5.92 Å². The number of carbonyl (C=O) groups is 2. The minimum absolute atomic E-state index is 0.177. The molecule has 0 aromatic carbocycles. The first-order valence-corrected chi connectivity index (χ1v) is 10.0. The van der Waals surface area contributed by atoms with E-state index in [2.05, 4.69) is 5.32 Å². The Kier molecular flexibility index (Phi) is 7.23. The van der Waals surface area contributed by atoms with Gasteiger partial charge >= 0.3 is 6.09 Å². The van der Waals surface area contributed by atoms with E-state index in [1.165, 1.54) is 14.2 Å². The molecule has 28 heavy (non-hydrogen) atoms. The van der Waals surface area contributed by atoms with Gasteiger partial charge in [0.2, 0.25) is 11.7 Å². The van der Waals surface area contributed by atoms with Crippen molar-refractivity contribution in [1.29, 1.82) is 0 Å². The molecule has 0 aromatic heterocycles. The molecular weight excluding hydrogens is 388 g/mol. The number of carbonyl (C=O) groups excluding carboxylic acids is 2. The van der Waals surface area contributed by atoms with Gasteiger partial charge in [0.15, 0.2) is 0 Å². The molecule has 0 radical (unpaired) electrons. The van der Waals surface area contributed by atoms with Crippen LogP contribution in [0.4, 0.5) is 4.79 Å². The molecule has 2 saturated heterocycles. The molecule has 162 valence electrons. The van der Waals surface area contributed by atoms with E-state index in [1.807, 2.05) is 13.8 Å². The number of hydrogen-bond acceptors (Lipinski definition) is 6. The van der Waals surface area contributed by atoms with Gasteiger partial charge in [-0.2, -0.15) is 0 Å². The molecule has 1 N–H and O–H groups in total. The van der Waals surface area contributed by atoms with Gasteiger partial charge in [0.25, 0.3) is 0 Å². The number of rotatable bonds is 6. The number of likely N-dealkylation sites (tertiary alicyclic amines) is 1. The molecule has 4 atom stereocenters. The number of amides is 2. The van der Waals surface area contributed by atoms with Gasteiger partial charge in [-0.3, -0.25) is 4.79 Å². The fourth-order valence-electron chi connectivity index (χ4n) is 3.77. The van der Waals surface area contributed by atoms with Crippen LogP contribution in [0.1, 0.15) is 41.0 Å². The highest BCUT2D eigenvalue weighted by Gasteiger charge is 2.61. The summed E-state index contributed by atoms with van der Waals surface area (Å²) in [6, 6.07) is -1.24. The summed E-state index contributed by atoms with van der Waals surface area (Å²) in [5.41, 5.74) is -0.657. The Balaban J connectivity index is 2.23. The van der Waals surface area contributed by atoms with Gasteiger partial charge < -0.3 is 29.2 Å². The molecule has 2 aliphatic rings. The lowest BCUT2D eigenvalue weighted by Gasteiger charge is -2.37. The molecule has 2 heterocycles. The smallest absolute Gasteiger partial charge is 0.408 e. The number of fused-ring (bicyclic) bond motifs is 1. The highest BCUT2D eigenvalue weighted by molar-refractivity contribution is 6.21. The van der Waals surface area contributed by atoms with Gasteiger partial charge in [-0.25, -0.2) is 4.79 Å². The monoisotopic (exact) mass is 420 g/mol. The SMILES string of the molecule is COC1(OC)COC2[C@H](Cl)CN(C(=O)[C@H](CC(C)C)NC(=O)OC(C)(C)C)[C@@H]21. The standard InChI is InChI=1S/C19H33ClN2O6/c1-11(2)8-13(21-17(24)28-18(3,4)5)16(23)22-9-12(20)14-15(22)19(25-6,26-7)10-27-14/h11-15H,8-10H2,1-7H3,(H,21,24)/t12-,13+,14?,15+/m1/s1. The number of nitrogens with one attached hydrogen (secondary N) is 1. The Morgan fingerprint density at radius 1 is 1.29 bits per heavy atom. The molecule has 2 rings (SSSR count). The summed E-state index contributed by atoms with van der Waals surface area (Å²) >= 11 is 6.45. The third kappa shape index (κ3) is 4.90. The van der Waals surface area contributed by atoms with Gasteiger partial charge in [0.1, 0.15) is 30.4 Å². The van der Waals surface area contributed by atoms with Gasteiger partial charge in [-0.05, 0) is 33.1 Å². The third-order valence-corrected chi connectivity index (χ3v) is 5.36. The van der Waals surface area contributed by atoms with Crippen LogP contribution in [-0.4, -0.2) is 79.2 Å². The fraction of sp³-hybridized carbons (Fsp3) is 0.895. The summed E-state index contributed by atoms with van der Waals surface area (Å²) in [5, 5.41) is 2.34. The molecule has 0 bridgehead atoms. The lowest BCUT2D eigenvalue weighted by molar-refractivity contribution is -0.227. The number of methoxy groups -OCH3 is 2.